The Morgan fingerprint density at radius 1 is 0.952 bits per heavy atom. The molecule has 2 aromatic carbocycles. The first-order chi connectivity index (χ1) is 10.2. The molecule has 2 rings (SSSR count). The second kappa shape index (κ2) is 7.24. The summed E-state index contributed by atoms with van der Waals surface area (Å²) in [6.45, 7) is 1.31. The van der Waals surface area contributed by atoms with E-state index in [1.807, 2.05) is 36.4 Å². The van der Waals surface area contributed by atoms with E-state index in [1.54, 1.807) is 24.3 Å². The molecule has 0 N–H and O–H groups in total. The Bertz CT molecular complexity index is 593. The van der Waals surface area contributed by atoms with Gasteiger partial charge in [0.05, 0.1) is 5.56 Å². The lowest BCUT2D eigenvalue weighted by Gasteiger charge is -2.17. The molecule has 0 saturated heterocycles. The summed E-state index contributed by atoms with van der Waals surface area (Å²) in [5.74, 6) is -0.858. The zero-order valence-corrected chi connectivity index (χ0v) is 11.7. The van der Waals surface area contributed by atoms with Gasteiger partial charge in [-0.05, 0) is 17.7 Å². The molecular weight excluding hydrogens is 268 g/mol. The van der Waals surface area contributed by atoms with Crippen LogP contribution in [0.15, 0.2) is 60.7 Å². The SMILES string of the molecule is CC(=O)OC(COC(=O)c1ccccc1)c1ccccc1. The molecule has 21 heavy (non-hydrogen) atoms. The van der Waals surface area contributed by atoms with Crippen LogP contribution in [0.2, 0.25) is 0 Å². The van der Waals surface area contributed by atoms with E-state index in [0.717, 1.165) is 5.56 Å². The van der Waals surface area contributed by atoms with Gasteiger partial charge in [0.25, 0.3) is 0 Å². The van der Waals surface area contributed by atoms with Crippen LogP contribution in [0.3, 0.4) is 0 Å². The fourth-order valence-electron chi connectivity index (χ4n) is 1.88. The fourth-order valence-corrected chi connectivity index (χ4v) is 1.88. The minimum absolute atomic E-state index is 0.0165. The van der Waals surface area contributed by atoms with Crippen molar-refractivity contribution >= 4 is 11.9 Å². The highest BCUT2D eigenvalue weighted by molar-refractivity contribution is 5.89. The Morgan fingerprint density at radius 3 is 2.10 bits per heavy atom. The fraction of sp³-hybridized carbons (Fsp3) is 0.176. The molecule has 1 atom stereocenters. The second-order valence-corrected chi connectivity index (χ2v) is 4.47. The highest BCUT2D eigenvalue weighted by Gasteiger charge is 2.17. The van der Waals surface area contributed by atoms with E-state index >= 15 is 0 Å². The lowest BCUT2D eigenvalue weighted by molar-refractivity contribution is -0.149. The molecule has 0 radical (unpaired) electrons. The topological polar surface area (TPSA) is 52.6 Å². The van der Waals surface area contributed by atoms with E-state index in [2.05, 4.69) is 0 Å². The van der Waals surface area contributed by atoms with Gasteiger partial charge >= 0.3 is 11.9 Å². The van der Waals surface area contributed by atoms with Crippen molar-refractivity contribution in [3.8, 4) is 0 Å². The van der Waals surface area contributed by atoms with Crippen LogP contribution in [-0.2, 0) is 14.3 Å². The van der Waals surface area contributed by atoms with Crippen LogP contribution in [0.4, 0.5) is 0 Å². The smallest absolute Gasteiger partial charge is 0.338 e. The first-order valence-corrected chi connectivity index (χ1v) is 6.61. The molecule has 0 aliphatic heterocycles. The third-order valence-corrected chi connectivity index (χ3v) is 2.85. The Balaban J connectivity index is 2.03. The molecule has 0 bridgehead atoms. The summed E-state index contributed by atoms with van der Waals surface area (Å²) in [5.41, 5.74) is 1.25. The Hall–Kier alpha value is -2.62. The molecule has 4 nitrogen and oxygen atoms in total. The summed E-state index contributed by atoms with van der Waals surface area (Å²) in [6.07, 6.45) is -0.601. The lowest BCUT2D eigenvalue weighted by atomic mass is 10.1. The number of ether oxygens (including phenoxy) is 2. The summed E-state index contributed by atoms with van der Waals surface area (Å²) >= 11 is 0. The van der Waals surface area contributed by atoms with Crippen LogP contribution in [0.25, 0.3) is 0 Å². The van der Waals surface area contributed by atoms with Crippen LogP contribution >= 0.6 is 0 Å². The number of esters is 2. The van der Waals surface area contributed by atoms with Gasteiger partial charge in [-0.1, -0.05) is 48.5 Å². The maximum atomic E-state index is 11.9. The molecular formula is C17H16O4. The Kier molecular flexibility index (Phi) is 5.10. The van der Waals surface area contributed by atoms with Gasteiger partial charge in [0, 0.05) is 6.92 Å². The summed E-state index contributed by atoms with van der Waals surface area (Å²) in [6, 6.07) is 17.9. The zero-order valence-electron chi connectivity index (χ0n) is 11.7. The molecule has 0 spiro atoms. The van der Waals surface area contributed by atoms with Gasteiger partial charge in [-0.2, -0.15) is 0 Å². The summed E-state index contributed by atoms with van der Waals surface area (Å²) < 4.78 is 10.4. The van der Waals surface area contributed by atoms with Crippen LogP contribution < -0.4 is 0 Å². The van der Waals surface area contributed by atoms with Crippen molar-refractivity contribution in [1.29, 1.82) is 0 Å². The summed E-state index contributed by atoms with van der Waals surface area (Å²) in [7, 11) is 0. The van der Waals surface area contributed by atoms with Crippen LogP contribution in [-0.4, -0.2) is 18.5 Å². The Labute approximate surface area is 123 Å². The van der Waals surface area contributed by atoms with Crippen molar-refractivity contribution in [2.24, 2.45) is 0 Å². The number of carbonyl (C=O) groups is 2. The highest BCUT2D eigenvalue weighted by atomic mass is 16.6. The van der Waals surface area contributed by atoms with E-state index in [-0.39, 0.29) is 6.61 Å². The first kappa shape index (κ1) is 14.8. The molecule has 0 aromatic heterocycles. The van der Waals surface area contributed by atoms with Crippen molar-refractivity contribution in [2.45, 2.75) is 13.0 Å². The maximum Gasteiger partial charge on any atom is 0.338 e. The molecule has 0 aliphatic carbocycles. The highest BCUT2D eigenvalue weighted by Crippen LogP contribution is 2.18. The predicted octanol–water partition coefficient (Wildman–Crippen LogP) is 3.15. The number of rotatable bonds is 5. The molecule has 108 valence electrons. The molecule has 0 aliphatic rings. The minimum atomic E-state index is -0.601. The van der Waals surface area contributed by atoms with Crippen LogP contribution in [0, 0.1) is 0 Å². The van der Waals surface area contributed by atoms with Gasteiger partial charge in [-0.25, -0.2) is 4.79 Å². The number of carbonyl (C=O) groups excluding carboxylic acids is 2. The molecule has 1 unspecified atom stereocenters. The van der Waals surface area contributed by atoms with Crippen molar-refractivity contribution in [3.05, 3.63) is 71.8 Å². The van der Waals surface area contributed by atoms with E-state index < -0.39 is 18.0 Å². The second-order valence-electron chi connectivity index (χ2n) is 4.47. The molecule has 0 amide bonds. The first-order valence-electron chi connectivity index (χ1n) is 6.61. The average Bonchev–Trinajstić information content (AvgIpc) is 2.52. The molecule has 0 heterocycles. The van der Waals surface area contributed by atoms with E-state index in [9.17, 15) is 9.59 Å². The van der Waals surface area contributed by atoms with Gasteiger partial charge in [-0.15, -0.1) is 0 Å². The van der Waals surface area contributed by atoms with Crippen molar-refractivity contribution < 1.29 is 19.1 Å². The van der Waals surface area contributed by atoms with Crippen molar-refractivity contribution in [1.82, 2.24) is 0 Å². The Morgan fingerprint density at radius 2 is 1.52 bits per heavy atom. The lowest BCUT2D eigenvalue weighted by Crippen LogP contribution is -2.17. The summed E-state index contributed by atoms with van der Waals surface area (Å²) in [4.78, 5) is 23.1. The zero-order chi connectivity index (χ0) is 15.1. The molecule has 2 aromatic rings. The standard InChI is InChI=1S/C17H16O4/c1-13(18)21-16(14-8-4-2-5-9-14)12-20-17(19)15-10-6-3-7-11-15/h2-11,16H,12H2,1H3. The third-order valence-electron chi connectivity index (χ3n) is 2.85. The van der Waals surface area contributed by atoms with Crippen LogP contribution in [0.5, 0.6) is 0 Å². The third kappa shape index (κ3) is 4.45. The van der Waals surface area contributed by atoms with Crippen molar-refractivity contribution in [3.63, 3.8) is 0 Å². The van der Waals surface area contributed by atoms with Gasteiger partial charge in [-0.3, -0.25) is 4.79 Å². The molecule has 0 fully saturated rings. The predicted molar refractivity (Wildman–Crippen MR) is 77.7 cm³/mol. The number of benzene rings is 2. The van der Waals surface area contributed by atoms with E-state index in [4.69, 9.17) is 9.47 Å². The number of hydrogen-bond donors (Lipinski definition) is 0. The molecule has 0 saturated carbocycles. The monoisotopic (exact) mass is 284 g/mol. The van der Waals surface area contributed by atoms with Gasteiger partial charge < -0.3 is 9.47 Å². The minimum Gasteiger partial charge on any atom is -0.458 e. The quantitative estimate of drug-likeness (QED) is 0.791. The normalized spacial score (nSPS) is 11.5. The average molecular weight is 284 g/mol. The van der Waals surface area contributed by atoms with E-state index in [1.165, 1.54) is 6.92 Å². The van der Waals surface area contributed by atoms with E-state index in [0.29, 0.717) is 5.56 Å². The van der Waals surface area contributed by atoms with Gasteiger partial charge in [0.1, 0.15) is 6.61 Å². The summed E-state index contributed by atoms with van der Waals surface area (Å²) in [5, 5.41) is 0. The van der Waals surface area contributed by atoms with Crippen LogP contribution in [0.1, 0.15) is 28.9 Å². The largest absolute Gasteiger partial charge is 0.458 e. The van der Waals surface area contributed by atoms with Gasteiger partial charge in [0.15, 0.2) is 6.10 Å². The number of hydrogen-bond acceptors (Lipinski definition) is 4. The van der Waals surface area contributed by atoms with Gasteiger partial charge in [0.2, 0.25) is 0 Å². The maximum absolute atomic E-state index is 11.9. The van der Waals surface area contributed by atoms with Crippen molar-refractivity contribution in [2.75, 3.05) is 6.61 Å². The molecule has 4 heteroatoms.